The summed E-state index contributed by atoms with van der Waals surface area (Å²) in [6.07, 6.45) is -0.576. The fraction of sp³-hybridized carbons (Fsp3) is 0.700. The van der Waals surface area contributed by atoms with Crippen molar-refractivity contribution in [2.75, 3.05) is 6.54 Å². The molecular weight excluding hydrogens is 226 g/mol. The minimum atomic E-state index is -1.27. The molecule has 0 aliphatic carbocycles. The van der Waals surface area contributed by atoms with Gasteiger partial charge in [0.2, 0.25) is 11.8 Å². The Morgan fingerprint density at radius 1 is 1.47 bits per heavy atom. The van der Waals surface area contributed by atoms with Crippen molar-refractivity contribution in [2.24, 2.45) is 11.7 Å². The molecule has 0 aromatic carbocycles. The smallest absolute Gasteiger partial charge is 0.405 e. The number of rotatable bonds is 3. The van der Waals surface area contributed by atoms with E-state index in [1.165, 1.54) is 11.8 Å². The zero-order chi connectivity index (χ0) is 13.2. The molecular formula is C10H17N3O4. The molecule has 1 aliphatic heterocycles. The molecule has 1 rings (SSSR count). The molecule has 1 aliphatic rings. The van der Waals surface area contributed by atoms with Crippen molar-refractivity contribution in [2.45, 2.75) is 32.4 Å². The third kappa shape index (κ3) is 2.86. The largest absolute Gasteiger partial charge is 0.465 e. The van der Waals surface area contributed by atoms with Crippen molar-refractivity contribution in [3.05, 3.63) is 0 Å². The maximum absolute atomic E-state index is 11.9. The maximum atomic E-state index is 11.9. The Kier molecular flexibility index (Phi) is 3.93. The second-order valence-corrected chi connectivity index (χ2v) is 4.32. The molecule has 0 unspecified atom stereocenters. The van der Waals surface area contributed by atoms with Crippen molar-refractivity contribution in [1.29, 1.82) is 0 Å². The fourth-order valence-corrected chi connectivity index (χ4v) is 2.12. The van der Waals surface area contributed by atoms with Crippen LogP contribution in [0.4, 0.5) is 4.79 Å². The van der Waals surface area contributed by atoms with Gasteiger partial charge in [0.05, 0.1) is 0 Å². The highest BCUT2D eigenvalue weighted by molar-refractivity contribution is 5.91. The summed E-state index contributed by atoms with van der Waals surface area (Å²) in [4.78, 5) is 35.0. The topological polar surface area (TPSA) is 113 Å². The summed E-state index contributed by atoms with van der Waals surface area (Å²) in [5, 5.41) is 10.6. The van der Waals surface area contributed by atoms with Gasteiger partial charge in [-0.1, -0.05) is 6.92 Å². The van der Waals surface area contributed by atoms with Gasteiger partial charge in [-0.25, -0.2) is 4.79 Å². The lowest BCUT2D eigenvalue weighted by Gasteiger charge is -2.26. The van der Waals surface area contributed by atoms with E-state index in [-0.39, 0.29) is 5.92 Å². The van der Waals surface area contributed by atoms with Crippen LogP contribution in [0.2, 0.25) is 0 Å². The second-order valence-electron chi connectivity index (χ2n) is 4.32. The molecule has 3 amide bonds. The average molecular weight is 243 g/mol. The molecule has 4 N–H and O–H groups in total. The SMILES string of the molecule is C[C@H](NC(=O)O)C(=O)N1CC[C@@H](C)[C@H]1C(N)=O. The Bertz CT molecular complexity index is 344. The standard InChI is InChI=1S/C10H17N3O4/c1-5-3-4-13(7(5)8(11)14)9(15)6(2)12-10(16)17/h5-7,12H,3-4H2,1-2H3,(H2,11,14)(H,16,17)/t5-,6+,7+/m1/s1. The van der Waals surface area contributed by atoms with Gasteiger partial charge in [0.1, 0.15) is 12.1 Å². The summed E-state index contributed by atoms with van der Waals surface area (Å²) in [5.41, 5.74) is 5.25. The van der Waals surface area contributed by atoms with Crippen LogP contribution in [0.25, 0.3) is 0 Å². The quantitative estimate of drug-likeness (QED) is 0.612. The number of carbonyl (C=O) groups excluding carboxylic acids is 2. The predicted molar refractivity (Wildman–Crippen MR) is 59.1 cm³/mol. The van der Waals surface area contributed by atoms with Crippen molar-refractivity contribution >= 4 is 17.9 Å². The summed E-state index contributed by atoms with van der Waals surface area (Å²) in [6, 6.07) is -1.51. The highest BCUT2D eigenvalue weighted by Gasteiger charge is 2.39. The van der Waals surface area contributed by atoms with Crippen LogP contribution in [0.1, 0.15) is 20.3 Å². The molecule has 0 radical (unpaired) electrons. The number of hydrogen-bond donors (Lipinski definition) is 3. The van der Waals surface area contributed by atoms with Crippen LogP contribution in [0.5, 0.6) is 0 Å². The van der Waals surface area contributed by atoms with Crippen LogP contribution in [-0.4, -0.2) is 46.5 Å². The van der Waals surface area contributed by atoms with E-state index in [9.17, 15) is 14.4 Å². The molecule has 1 heterocycles. The number of carboxylic acid groups (broad SMARTS) is 1. The third-order valence-corrected chi connectivity index (χ3v) is 2.99. The van der Waals surface area contributed by atoms with Gasteiger partial charge in [0, 0.05) is 6.54 Å². The first kappa shape index (κ1) is 13.3. The van der Waals surface area contributed by atoms with E-state index in [2.05, 4.69) is 5.32 Å². The van der Waals surface area contributed by atoms with Gasteiger partial charge in [-0.15, -0.1) is 0 Å². The van der Waals surface area contributed by atoms with Crippen LogP contribution in [0, 0.1) is 5.92 Å². The lowest BCUT2D eigenvalue weighted by atomic mass is 10.0. The molecule has 0 aromatic heterocycles. The van der Waals surface area contributed by atoms with Gasteiger partial charge < -0.3 is 21.1 Å². The van der Waals surface area contributed by atoms with E-state index >= 15 is 0 Å². The highest BCUT2D eigenvalue weighted by atomic mass is 16.4. The molecule has 17 heavy (non-hydrogen) atoms. The number of nitrogens with one attached hydrogen (secondary N) is 1. The van der Waals surface area contributed by atoms with E-state index in [0.29, 0.717) is 13.0 Å². The van der Waals surface area contributed by atoms with E-state index in [4.69, 9.17) is 10.8 Å². The minimum Gasteiger partial charge on any atom is -0.465 e. The molecule has 1 fully saturated rings. The zero-order valence-electron chi connectivity index (χ0n) is 9.84. The van der Waals surface area contributed by atoms with E-state index < -0.39 is 30.0 Å². The number of nitrogens with zero attached hydrogens (tertiary/aromatic N) is 1. The number of primary amides is 1. The second kappa shape index (κ2) is 5.03. The third-order valence-electron chi connectivity index (χ3n) is 2.99. The van der Waals surface area contributed by atoms with E-state index in [1.54, 1.807) is 0 Å². The number of hydrogen-bond acceptors (Lipinski definition) is 3. The molecule has 3 atom stereocenters. The van der Waals surface area contributed by atoms with Gasteiger partial charge in [-0.3, -0.25) is 9.59 Å². The summed E-state index contributed by atoms with van der Waals surface area (Å²) >= 11 is 0. The molecule has 7 heteroatoms. The lowest BCUT2D eigenvalue weighted by molar-refractivity contribution is -0.139. The van der Waals surface area contributed by atoms with Crippen LogP contribution in [0.3, 0.4) is 0 Å². The summed E-state index contributed by atoms with van der Waals surface area (Å²) in [6.45, 7) is 3.72. The van der Waals surface area contributed by atoms with Crippen LogP contribution < -0.4 is 11.1 Å². The highest BCUT2D eigenvalue weighted by Crippen LogP contribution is 2.24. The van der Waals surface area contributed by atoms with Gasteiger partial charge in [0.15, 0.2) is 0 Å². The molecule has 7 nitrogen and oxygen atoms in total. The number of nitrogens with two attached hydrogens (primary N) is 1. The van der Waals surface area contributed by atoms with Crippen LogP contribution in [0.15, 0.2) is 0 Å². The van der Waals surface area contributed by atoms with Crippen molar-refractivity contribution < 1.29 is 19.5 Å². The molecule has 0 bridgehead atoms. The maximum Gasteiger partial charge on any atom is 0.405 e. The number of likely N-dealkylation sites (tertiary alicyclic amines) is 1. The number of amides is 3. The Morgan fingerprint density at radius 2 is 2.06 bits per heavy atom. The summed E-state index contributed by atoms with van der Waals surface area (Å²) < 4.78 is 0. The van der Waals surface area contributed by atoms with Crippen molar-refractivity contribution in [1.82, 2.24) is 10.2 Å². The predicted octanol–water partition coefficient (Wildman–Crippen LogP) is -0.635. The van der Waals surface area contributed by atoms with Crippen LogP contribution in [-0.2, 0) is 9.59 Å². The van der Waals surface area contributed by atoms with Gasteiger partial charge in [-0.05, 0) is 19.3 Å². The Morgan fingerprint density at radius 3 is 2.53 bits per heavy atom. The Labute approximate surface area is 98.9 Å². The van der Waals surface area contributed by atoms with Crippen LogP contribution >= 0.6 is 0 Å². The Balaban J connectivity index is 2.75. The number of carbonyl (C=O) groups is 3. The minimum absolute atomic E-state index is 0.00785. The first-order valence-corrected chi connectivity index (χ1v) is 5.43. The van der Waals surface area contributed by atoms with E-state index in [1.807, 2.05) is 6.92 Å². The van der Waals surface area contributed by atoms with E-state index in [0.717, 1.165) is 0 Å². The first-order chi connectivity index (χ1) is 7.84. The normalized spacial score (nSPS) is 25.4. The lowest BCUT2D eigenvalue weighted by Crippen LogP contribution is -2.52. The molecule has 0 saturated carbocycles. The average Bonchev–Trinajstić information content (AvgIpc) is 2.57. The molecule has 1 saturated heterocycles. The van der Waals surface area contributed by atoms with Gasteiger partial charge >= 0.3 is 6.09 Å². The molecule has 0 spiro atoms. The summed E-state index contributed by atoms with van der Waals surface area (Å²) in [7, 11) is 0. The summed E-state index contributed by atoms with van der Waals surface area (Å²) in [5.74, 6) is -0.958. The van der Waals surface area contributed by atoms with Gasteiger partial charge in [-0.2, -0.15) is 0 Å². The zero-order valence-corrected chi connectivity index (χ0v) is 9.84. The first-order valence-electron chi connectivity index (χ1n) is 5.43. The van der Waals surface area contributed by atoms with Crippen molar-refractivity contribution in [3.8, 4) is 0 Å². The fourth-order valence-electron chi connectivity index (χ4n) is 2.12. The Hall–Kier alpha value is -1.79. The monoisotopic (exact) mass is 243 g/mol. The van der Waals surface area contributed by atoms with Gasteiger partial charge in [0.25, 0.3) is 0 Å². The molecule has 0 aromatic rings. The molecule has 96 valence electrons. The van der Waals surface area contributed by atoms with Crippen molar-refractivity contribution in [3.63, 3.8) is 0 Å².